The molecule has 1 aromatic heterocycles. The van der Waals surface area contributed by atoms with Crippen molar-refractivity contribution < 1.29 is 9.21 Å². The van der Waals surface area contributed by atoms with Crippen molar-refractivity contribution in [2.45, 2.75) is 20.3 Å². The molecule has 4 heterocycles. The third kappa shape index (κ3) is 3.84. The van der Waals surface area contributed by atoms with Crippen molar-refractivity contribution in [3.05, 3.63) is 95.2 Å². The number of aryl methyl sites for hydroxylation is 1. The van der Waals surface area contributed by atoms with E-state index < -0.39 is 0 Å². The number of carbonyl (C=O) groups is 1. The quantitative estimate of drug-likeness (QED) is 0.720. The van der Waals surface area contributed by atoms with Crippen LogP contribution in [0.25, 0.3) is 16.7 Å². The average Bonchev–Trinajstić information content (AvgIpc) is 3.16. The van der Waals surface area contributed by atoms with E-state index in [0.717, 1.165) is 59.6 Å². The SMILES string of the molecule is CCN1CC=C(C2=CN3C(=O)/C=C(c4ccc5nc(C)oc5c4)\C=C\C=C3C=C2)CC1. The normalized spacial score (nSPS) is 22.1. The van der Waals surface area contributed by atoms with Gasteiger partial charge in [-0.15, -0.1) is 0 Å². The first-order valence-electron chi connectivity index (χ1n) is 10.7. The first-order valence-corrected chi connectivity index (χ1v) is 10.7. The molecule has 0 atom stereocenters. The molecule has 1 aromatic carbocycles. The van der Waals surface area contributed by atoms with Crippen LogP contribution in [0.4, 0.5) is 0 Å². The lowest BCUT2D eigenvalue weighted by molar-refractivity contribution is -0.122. The number of nitrogens with zero attached hydrogens (tertiary/aromatic N) is 3. The largest absolute Gasteiger partial charge is 0.441 e. The molecule has 3 aliphatic rings. The zero-order chi connectivity index (χ0) is 21.4. The third-order valence-electron chi connectivity index (χ3n) is 5.98. The van der Waals surface area contributed by atoms with Crippen molar-refractivity contribution in [1.82, 2.24) is 14.8 Å². The molecule has 0 saturated heterocycles. The van der Waals surface area contributed by atoms with E-state index in [9.17, 15) is 4.79 Å². The van der Waals surface area contributed by atoms with Crippen LogP contribution in [0.15, 0.2) is 88.2 Å². The van der Waals surface area contributed by atoms with Crippen LogP contribution in [0.2, 0.25) is 0 Å². The predicted octanol–water partition coefficient (Wildman–Crippen LogP) is 4.91. The number of amides is 1. The van der Waals surface area contributed by atoms with Gasteiger partial charge in [0.05, 0.1) is 0 Å². The van der Waals surface area contributed by atoms with Gasteiger partial charge in [-0.25, -0.2) is 4.98 Å². The van der Waals surface area contributed by atoms with Gasteiger partial charge >= 0.3 is 0 Å². The summed E-state index contributed by atoms with van der Waals surface area (Å²) in [4.78, 5) is 21.7. The molecule has 0 aliphatic carbocycles. The van der Waals surface area contributed by atoms with Crippen LogP contribution < -0.4 is 0 Å². The number of likely N-dealkylation sites (N-methyl/N-ethyl adjacent to an activating group) is 1. The number of carbonyl (C=O) groups excluding carboxylic acids is 1. The predicted molar refractivity (Wildman–Crippen MR) is 123 cm³/mol. The standard InChI is InChI=1S/C26H25N3O2/c1-3-28-13-11-19(12-14-28)22-7-9-23-6-4-5-20(16-26(30)29(23)17-22)21-8-10-24-25(15-21)31-18(2)27-24/h4-11,15-17H,3,12-14H2,1-2H3/b5-4+,20-16+,23-6?. The van der Waals surface area contributed by atoms with Crippen molar-refractivity contribution in [3.8, 4) is 0 Å². The number of allylic oxidation sites excluding steroid dienone is 7. The van der Waals surface area contributed by atoms with Gasteiger partial charge in [0, 0.05) is 38.0 Å². The number of benzene rings is 1. The van der Waals surface area contributed by atoms with Crippen molar-refractivity contribution in [3.63, 3.8) is 0 Å². The Morgan fingerprint density at radius 3 is 2.87 bits per heavy atom. The van der Waals surface area contributed by atoms with Crippen molar-refractivity contribution in [2.24, 2.45) is 0 Å². The minimum absolute atomic E-state index is 0.0621. The molecule has 156 valence electrons. The third-order valence-corrected chi connectivity index (χ3v) is 5.98. The number of aromatic nitrogens is 1. The Kier molecular flexibility index (Phi) is 5.04. The molecule has 3 aliphatic heterocycles. The number of hydrogen-bond donors (Lipinski definition) is 0. The Morgan fingerprint density at radius 2 is 2.06 bits per heavy atom. The fourth-order valence-electron chi connectivity index (χ4n) is 4.19. The molecular weight excluding hydrogens is 386 g/mol. The molecule has 0 N–H and O–H groups in total. The Bertz CT molecular complexity index is 1240. The summed E-state index contributed by atoms with van der Waals surface area (Å²) in [6, 6.07) is 5.84. The minimum Gasteiger partial charge on any atom is -0.441 e. The number of fused-ring (bicyclic) bond motifs is 2. The second-order valence-electron chi connectivity index (χ2n) is 7.96. The van der Waals surface area contributed by atoms with Crippen LogP contribution in [0.3, 0.4) is 0 Å². The van der Waals surface area contributed by atoms with Gasteiger partial charge in [-0.2, -0.15) is 0 Å². The van der Waals surface area contributed by atoms with E-state index in [1.54, 1.807) is 11.0 Å². The zero-order valence-electron chi connectivity index (χ0n) is 17.8. The van der Waals surface area contributed by atoms with Crippen molar-refractivity contribution >= 4 is 22.6 Å². The van der Waals surface area contributed by atoms with Gasteiger partial charge in [-0.1, -0.05) is 37.3 Å². The average molecular weight is 412 g/mol. The van der Waals surface area contributed by atoms with Crippen LogP contribution in [0, 0.1) is 6.92 Å². The Labute approximate surface area is 182 Å². The molecular formula is C26H25N3O2. The molecule has 0 radical (unpaired) electrons. The summed E-state index contributed by atoms with van der Waals surface area (Å²) in [7, 11) is 0. The summed E-state index contributed by atoms with van der Waals surface area (Å²) in [6.07, 6.45) is 17.0. The second kappa shape index (κ2) is 8.00. The summed E-state index contributed by atoms with van der Waals surface area (Å²) >= 11 is 0. The van der Waals surface area contributed by atoms with Crippen LogP contribution >= 0.6 is 0 Å². The van der Waals surface area contributed by atoms with E-state index in [4.69, 9.17) is 4.42 Å². The first-order chi connectivity index (χ1) is 15.1. The summed E-state index contributed by atoms with van der Waals surface area (Å²) in [6.45, 7) is 7.10. The minimum atomic E-state index is -0.0621. The fourth-order valence-corrected chi connectivity index (χ4v) is 4.19. The van der Waals surface area contributed by atoms with E-state index >= 15 is 0 Å². The second-order valence-corrected chi connectivity index (χ2v) is 7.96. The van der Waals surface area contributed by atoms with Gasteiger partial charge in [0.2, 0.25) is 0 Å². The van der Waals surface area contributed by atoms with E-state index in [1.807, 2.05) is 55.6 Å². The van der Waals surface area contributed by atoms with Gasteiger partial charge in [-0.05, 0) is 59.5 Å². The first kappa shape index (κ1) is 19.5. The summed E-state index contributed by atoms with van der Waals surface area (Å²) < 4.78 is 5.67. The molecule has 0 unspecified atom stereocenters. The van der Waals surface area contributed by atoms with Gasteiger partial charge in [-0.3, -0.25) is 14.6 Å². The van der Waals surface area contributed by atoms with Gasteiger partial charge in [0.1, 0.15) is 5.52 Å². The van der Waals surface area contributed by atoms with Crippen LogP contribution in [-0.2, 0) is 4.79 Å². The van der Waals surface area contributed by atoms with Gasteiger partial charge in [0.25, 0.3) is 5.91 Å². The molecule has 5 heteroatoms. The Morgan fingerprint density at radius 1 is 1.16 bits per heavy atom. The Hall–Kier alpha value is -3.44. The molecule has 0 bridgehead atoms. The highest BCUT2D eigenvalue weighted by atomic mass is 16.3. The van der Waals surface area contributed by atoms with E-state index in [2.05, 4.69) is 29.0 Å². The smallest absolute Gasteiger partial charge is 0.255 e. The van der Waals surface area contributed by atoms with E-state index in [-0.39, 0.29) is 5.91 Å². The highest BCUT2D eigenvalue weighted by Crippen LogP contribution is 2.29. The molecule has 0 saturated carbocycles. The number of rotatable bonds is 3. The summed E-state index contributed by atoms with van der Waals surface area (Å²) in [5.74, 6) is 0.572. The van der Waals surface area contributed by atoms with E-state index in [1.165, 1.54) is 5.57 Å². The maximum absolute atomic E-state index is 13.2. The van der Waals surface area contributed by atoms with Crippen molar-refractivity contribution in [2.75, 3.05) is 19.6 Å². The topological polar surface area (TPSA) is 49.6 Å². The highest BCUT2D eigenvalue weighted by Gasteiger charge is 2.21. The van der Waals surface area contributed by atoms with Crippen molar-refractivity contribution in [1.29, 1.82) is 0 Å². The van der Waals surface area contributed by atoms with E-state index in [0.29, 0.717) is 5.89 Å². The lowest BCUT2D eigenvalue weighted by atomic mass is 9.96. The zero-order valence-corrected chi connectivity index (χ0v) is 17.8. The molecule has 5 nitrogen and oxygen atoms in total. The van der Waals surface area contributed by atoms with Gasteiger partial charge < -0.3 is 4.42 Å². The molecule has 0 fully saturated rings. The lowest BCUT2D eigenvalue weighted by Gasteiger charge is -2.28. The summed E-state index contributed by atoms with van der Waals surface area (Å²) in [5, 5.41) is 0. The fraction of sp³-hybridized carbons (Fsp3) is 0.231. The van der Waals surface area contributed by atoms with Crippen LogP contribution in [0.5, 0.6) is 0 Å². The monoisotopic (exact) mass is 411 g/mol. The van der Waals surface area contributed by atoms with Crippen LogP contribution in [-0.4, -0.2) is 40.3 Å². The highest BCUT2D eigenvalue weighted by molar-refractivity contribution is 6.00. The number of oxazole rings is 1. The molecule has 0 spiro atoms. The molecule has 31 heavy (non-hydrogen) atoms. The van der Waals surface area contributed by atoms with Gasteiger partial charge in [0.15, 0.2) is 11.5 Å². The maximum Gasteiger partial charge on any atom is 0.255 e. The lowest BCUT2D eigenvalue weighted by Crippen LogP contribution is -2.30. The Balaban J connectivity index is 1.46. The summed E-state index contributed by atoms with van der Waals surface area (Å²) in [5.41, 5.74) is 6.60. The molecule has 5 rings (SSSR count). The number of hydrogen-bond acceptors (Lipinski definition) is 4. The maximum atomic E-state index is 13.2. The molecule has 1 amide bonds. The van der Waals surface area contributed by atoms with Crippen LogP contribution in [0.1, 0.15) is 24.8 Å². The molecule has 2 aromatic rings.